The van der Waals surface area contributed by atoms with Crippen LogP contribution < -0.4 is 10.6 Å². The zero-order valence-corrected chi connectivity index (χ0v) is 12.7. The third-order valence-electron chi connectivity index (χ3n) is 2.96. The predicted molar refractivity (Wildman–Crippen MR) is 88.6 cm³/mol. The Morgan fingerprint density at radius 3 is 2.67 bits per heavy atom. The highest BCUT2D eigenvalue weighted by Crippen LogP contribution is 2.19. The summed E-state index contributed by atoms with van der Waals surface area (Å²) >= 11 is 6.01. The van der Waals surface area contributed by atoms with Crippen LogP contribution in [-0.4, -0.2) is 6.03 Å². The molecule has 4 heteroatoms. The lowest BCUT2D eigenvalue weighted by atomic mass is 10.1. The van der Waals surface area contributed by atoms with Gasteiger partial charge in [0, 0.05) is 16.9 Å². The number of carbonyl (C=O) groups excluding carboxylic acids is 1. The van der Waals surface area contributed by atoms with E-state index in [-0.39, 0.29) is 6.03 Å². The monoisotopic (exact) mass is 300 g/mol. The van der Waals surface area contributed by atoms with E-state index in [1.54, 1.807) is 12.3 Å². The van der Waals surface area contributed by atoms with Crippen molar-refractivity contribution in [2.45, 2.75) is 13.8 Å². The normalized spacial score (nSPS) is 10.6. The minimum atomic E-state index is -0.307. The highest BCUT2D eigenvalue weighted by Gasteiger charge is 2.01. The van der Waals surface area contributed by atoms with Gasteiger partial charge in [0.2, 0.25) is 0 Å². The van der Waals surface area contributed by atoms with E-state index in [0.29, 0.717) is 10.7 Å². The standard InChI is InChI=1S/C17H17ClN2O/c1-12-4-3-5-14(10-12)8-9-19-17(21)20-15-7-6-13(2)16(18)11-15/h3-11H,1-2H3,(H2,19,20,21)/b9-8+. The summed E-state index contributed by atoms with van der Waals surface area (Å²) in [5.74, 6) is 0. The Kier molecular flexibility index (Phi) is 5.01. The van der Waals surface area contributed by atoms with Crippen LogP contribution in [0.3, 0.4) is 0 Å². The summed E-state index contributed by atoms with van der Waals surface area (Å²) < 4.78 is 0. The molecule has 2 N–H and O–H groups in total. The molecule has 0 bridgehead atoms. The molecule has 0 unspecified atom stereocenters. The largest absolute Gasteiger partial charge is 0.323 e. The quantitative estimate of drug-likeness (QED) is 0.844. The molecule has 2 rings (SSSR count). The molecule has 2 amide bonds. The number of amides is 2. The van der Waals surface area contributed by atoms with Crippen LogP contribution in [0.5, 0.6) is 0 Å². The van der Waals surface area contributed by atoms with E-state index in [1.807, 2.05) is 56.3 Å². The predicted octanol–water partition coefficient (Wildman–Crippen LogP) is 4.75. The fourth-order valence-electron chi connectivity index (χ4n) is 1.83. The third kappa shape index (κ3) is 4.65. The summed E-state index contributed by atoms with van der Waals surface area (Å²) in [6.45, 7) is 3.94. The molecule has 0 saturated heterocycles. The Morgan fingerprint density at radius 1 is 1.14 bits per heavy atom. The Balaban J connectivity index is 1.91. The Hall–Kier alpha value is -2.26. The second-order valence-electron chi connectivity index (χ2n) is 4.81. The van der Waals surface area contributed by atoms with E-state index in [9.17, 15) is 4.79 Å². The first kappa shape index (κ1) is 15.1. The number of carbonyl (C=O) groups is 1. The fourth-order valence-corrected chi connectivity index (χ4v) is 2.01. The van der Waals surface area contributed by atoms with Crippen molar-refractivity contribution >= 4 is 29.4 Å². The number of hydrogen-bond donors (Lipinski definition) is 2. The molecule has 0 aliphatic heterocycles. The van der Waals surface area contributed by atoms with Gasteiger partial charge in [-0.25, -0.2) is 4.79 Å². The summed E-state index contributed by atoms with van der Waals surface area (Å²) in [7, 11) is 0. The van der Waals surface area contributed by atoms with Crippen molar-refractivity contribution in [3.8, 4) is 0 Å². The number of benzene rings is 2. The summed E-state index contributed by atoms with van der Waals surface area (Å²) in [5, 5.41) is 6.01. The van der Waals surface area contributed by atoms with Crippen LogP contribution in [0.1, 0.15) is 16.7 Å². The second kappa shape index (κ2) is 6.95. The maximum Gasteiger partial charge on any atom is 0.323 e. The topological polar surface area (TPSA) is 41.1 Å². The zero-order valence-electron chi connectivity index (χ0n) is 12.0. The van der Waals surface area contributed by atoms with Gasteiger partial charge in [0.05, 0.1) is 0 Å². The third-order valence-corrected chi connectivity index (χ3v) is 3.37. The van der Waals surface area contributed by atoms with Crippen molar-refractivity contribution in [1.82, 2.24) is 5.32 Å². The van der Waals surface area contributed by atoms with Crippen LogP contribution in [0.15, 0.2) is 48.7 Å². The second-order valence-corrected chi connectivity index (χ2v) is 5.22. The van der Waals surface area contributed by atoms with Crippen molar-refractivity contribution in [3.05, 3.63) is 70.4 Å². The van der Waals surface area contributed by atoms with E-state index in [2.05, 4.69) is 10.6 Å². The van der Waals surface area contributed by atoms with Gasteiger partial charge in [0.1, 0.15) is 0 Å². The maximum atomic E-state index is 11.7. The lowest BCUT2D eigenvalue weighted by Crippen LogP contribution is -2.23. The molecule has 3 nitrogen and oxygen atoms in total. The molecule has 2 aromatic carbocycles. The van der Waals surface area contributed by atoms with Gasteiger partial charge >= 0.3 is 6.03 Å². The minimum absolute atomic E-state index is 0.307. The van der Waals surface area contributed by atoms with Crippen LogP contribution in [-0.2, 0) is 0 Å². The average Bonchev–Trinajstić information content (AvgIpc) is 2.43. The maximum absolute atomic E-state index is 11.7. The number of urea groups is 1. The van der Waals surface area contributed by atoms with E-state index < -0.39 is 0 Å². The molecule has 0 aromatic heterocycles. The first-order chi connectivity index (χ1) is 10.0. The molecule has 0 aliphatic carbocycles. The first-order valence-corrected chi connectivity index (χ1v) is 6.99. The zero-order chi connectivity index (χ0) is 15.2. The van der Waals surface area contributed by atoms with Gasteiger partial charge in [-0.05, 0) is 43.2 Å². The highest BCUT2D eigenvalue weighted by molar-refractivity contribution is 6.31. The Morgan fingerprint density at radius 2 is 1.95 bits per heavy atom. The Bertz CT molecular complexity index is 680. The molecule has 0 saturated carbocycles. The van der Waals surface area contributed by atoms with Crippen LogP contribution in [0.4, 0.5) is 10.5 Å². The lowest BCUT2D eigenvalue weighted by Gasteiger charge is -2.06. The van der Waals surface area contributed by atoms with Gasteiger partial charge < -0.3 is 10.6 Å². The van der Waals surface area contributed by atoms with E-state index in [4.69, 9.17) is 11.6 Å². The van der Waals surface area contributed by atoms with Crippen molar-refractivity contribution in [1.29, 1.82) is 0 Å². The molecule has 0 radical (unpaired) electrons. The smallest absolute Gasteiger partial charge is 0.314 e. The molecule has 2 aromatic rings. The van der Waals surface area contributed by atoms with Crippen LogP contribution >= 0.6 is 11.6 Å². The van der Waals surface area contributed by atoms with E-state index in [1.165, 1.54) is 5.56 Å². The Labute approximate surface area is 129 Å². The molecular formula is C17H17ClN2O. The summed E-state index contributed by atoms with van der Waals surface area (Å²) in [5.41, 5.74) is 3.85. The molecule has 0 fully saturated rings. The number of aryl methyl sites for hydroxylation is 2. The molecule has 0 heterocycles. The molecule has 0 aliphatic rings. The average molecular weight is 301 g/mol. The van der Waals surface area contributed by atoms with Crippen molar-refractivity contribution in [3.63, 3.8) is 0 Å². The summed E-state index contributed by atoms with van der Waals surface area (Å²) in [4.78, 5) is 11.7. The van der Waals surface area contributed by atoms with Gasteiger partial charge in [-0.15, -0.1) is 0 Å². The number of rotatable bonds is 3. The lowest BCUT2D eigenvalue weighted by molar-refractivity contribution is 0.255. The first-order valence-electron chi connectivity index (χ1n) is 6.61. The highest BCUT2D eigenvalue weighted by atomic mass is 35.5. The van der Waals surface area contributed by atoms with E-state index >= 15 is 0 Å². The van der Waals surface area contributed by atoms with Gasteiger partial charge in [-0.3, -0.25) is 0 Å². The fraction of sp³-hybridized carbons (Fsp3) is 0.118. The van der Waals surface area contributed by atoms with Crippen molar-refractivity contribution in [2.75, 3.05) is 5.32 Å². The van der Waals surface area contributed by atoms with Crippen LogP contribution in [0, 0.1) is 13.8 Å². The number of nitrogens with one attached hydrogen (secondary N) is 2. The van der Waals surface area contributed by atoms with Crippen LogP contribution in [0.2, 0.25) is 5.02 Å². The van der Waals surface area contributed by atoms with Gasteiger partial charge in [0.25, 0.3) is 0 Å². The molecule has 0 atom stereocenters. The van der Waals surface area contributed by atoms with Gasteiger partial charge in [0.15, 0.2) is 0 Å². The molecular weight excluding hydrogens is 284 g/mol. The molecule has 0 spiro atoms. The van der Waals surface area contributed by atoms with Gasteiger partial charge in [-0.2, -0.15) is 0 Å². The molecule has 108 valence electrons. The SMILES string of the molecule is Cc1cccc(/C=C/NC(=O)Nc2ccc(C)c(Cl)c2)c1. The summed E-state index contributed by atoms with van der Waals surface area (Å²) in [6, 6.07) is 13.1. The number of halogens is 1. The van der Waals surface area contributed by atoms with Crippen LogP contribution in [0.25, 0.3) is 6.08 Å². The molecule has 21 heavy (non-hydrogen) atoms. The number of hydrogen-bond acceptors (Lipinski definition) is 1. The van der Waals surface area contributed by atoms with Crippen molar-refractivity contribution < 1.29 is 4.79 Å². The minimum Gasteiger partial charge on any atom is -0.314 e. The summed E-state index contributed by atoms with van der Waals surface area (Å²) in [6.07, 6.45) is 3.45. The van der Waals surface area contributed by atoms with E-state index in [0.717, 1.165) is 11.1 Å². The van der Waals surface area contributed by atoms with Gasteiger partial charge in [-0.1, -0.05) is 47.5 Å². The number of anilines is 1. The van der Waals surface area contributed by atoms with Crippen molar-refractivity contribution in [2.24, 2.45) is 0 Å².